The summed E-state index contributed by atoms with van der Waals surface area (Å²) in [6.45, 7) is 1.23. The van der Waals surface area contributed by atoms with Gasteiger partial charge in [-0.3, -0.25) is 9.59 Å². The summed E-state index contributed by atoms with van der Waals surface area (Å²) < 4.78 is 37.7. The third-order valence-electron chi connectivity index (χ3n) is 5.45. The Kier molecular flexibility index (Phi) is 5.58. The van der Waals surface area contributed by atoms with Gasteiger partial charge in [-0.2, -0.15) is 13.2 Å². The standard InChI is InChI=1S/C20H23F3N2O2/c21-20(22,23)16-7-5-15(6-8-16)18(27)24-13-17(26)25-12-4-11-19(14-25)9-2-1-3-10-19/h1-2,5-8H,3-4,9-14H2,(H,24,27)/t19-/m1/s1. The van der Waals surface area contributed by atoms with E-state index >= 15 is 0 Å². The molecule has 1 atom stereocenters. The number of amides is 2. The number of hydrogen-bond donors (Lipinski definition) is 1. The Labute approximate surface area is 156 Å². The van der Waals surface area contributed by atoms with E-state index in [1.54, 1.807) is 4.90 Å². The number of nitrogens with zero attached hydrogens (tertiary/aromatic N) is 1. The molecule has 1 N–H and O–H groups in total. The van der Waals surface area contributed by atoms with Crippen molar-refractivity contribution in [3.05, 3.63) is 47.5 Å². The molecule has 3 rings (SSSR count). The molecule has 146 valence electrons. The van der Waals surface area contributed by atoms with Crippen LogP contribution in [-0.4, -0.2) is 36.3 Å². The van der Waals surface area contributed by atoms with Gasteiger partial charge in [-0.05, 0) is 61.8 Å². The number of likely N-dealkylation sites (tertiary alicyclic amines) is 1. The van der Waals surface area contributed by atoms with E-state index in [2.05, 4.69) is 17.5 Å². The van der Waals surface area contributed by atoms with E-state index in [0.717, 1.165) is 56.4 Å². The molecule has 1 aliphatic heterocycles. The fraction of sp³-hybridized carbons (Fsp3) is 0.500. The van der Waals surface area contributed by atoms with E-state index in [1.807, 2.05) is 0 Å². The van der Waals surface area contributed by atoms with Crippen LogP contribution in [0.2, 0.25) is 0 Å². The van der Waals surface area contributed by atoms with Crippen LogP contribution in [0.5, 0.6) is 0 Å². The van der Waals surface area contributed by atoms with Crippen molar-refractivity contribution < 1.29 is 22.8 Å². The Bertz CT molecular complexity index is 728. The summed E-state index contributed by atoms with van der Waals surface area (Å²) in [5, 5.41) is 2.52. The number of hydrogen-bond acceptors (Lipinski definition) is 2. The molecule has 0 bridgehead atoms. The average molecular weight is 380 g/mol. The zero-order chi connectivity index (χ0) is 19.5. The van der Waals surface area contributed by atoms with Crippen LogP contribution in [0, 0.1) is 5.41 Å². The van der Waals surface area contributed by atoms with Gasteiger partial charge < -0.3 is 10.2 Å². The largest absolute Gasteiger partial charge is 0.416 e. The Morgan fingerprint density at radius 2 is 1.85 bits per heavy atom. The van der Waals surface area contributed by atoms with Gasteiger partial charge in [-0.1, -0.05) is 12.2 Å². The summed E-state index contributed by atoms with van der Waals surface area (Å²) in [4.78, 5) is 26.4. The number of benzene rings is 1. The molecule has 1 aromatic carbocycles. The number of alkyl halides is 3. The lowest BCUT2D eigenvalue weighted by atomic mass is 9.71. The van der Waals surface area contributed by atoms with Crippen molar-refractivity contribution in [1.29, 1.82) is 0 Å². The van der Waals surface area contributed by atoms with Crippen molar-refractivity contribution in [3.63, 3.8) is 0 Å². The normalized spacial score (nSPS) is 22.7. The van der Waals surface area contributed by atoms with Gasteiger partial charge in [-0.15, -0.1) is 0 Å². The van der Waals surface area contributed by atoms with Crippen molar-refractivity contribution in [2.24, 2.45) is 5.41 Å². The summed E-state index contributed by atoms with van der Waals surface area (Å²) >= 11 is 0. The molecule has 0 saturated carbocycles. The van der Waals surface area contributed by atoms with Crippen LogP contribution in [0.3, 0.4) is 0 Å². The topological polar surface area (TPSA) is 49.4 Å². The number of rotatable bonds is 3. The molecule has 1 spiro atoms. The predicted molar refractivity (Wildman–Crippen MR) is 95.0 cm³/mol. The van der Waals surface area contributed by atoms with E-state index in [1.165, 1.54) is 0 Å². The lowest BCUT2D eigenvalue weighted by Crippen LogP contribution is -2.49. The Morgan fingerprint density at radius 3 is 2.48 bits per heavy atom. The summed E-state index contributed by atoms with van der Waals surface area (Å²) in [7, 11) is 0. The molecule has 1 aliphatic carbocycles. The molecule has 1 aromatic rings. The average Bonchev–Trinajstić information content (AvgIpc) is 2.66. The van der Waals surface area contributed by atoms with Gasteiger partial charge in [0.25, 0.3) is 5.91 Å². The zero-order valence-corrected chi connectivity index (χ0v) is 15.0. The van der Waals surface area contributed by atoms with E-state index in [-0.39, 0.29) is 23.4 Å². The third-order valence-corrected chi connectivity index (χ3v) is 5.45. The first-order chi connectivity index (χ1) is 12.8. The molecular formula is C20H23F3N2O2. The highest BCUT2D eigenvalue weighted by atomic mass is 19.4. The minimum atomic E-state index is -4.44. The van der Waals surface area contributed by atoms with Gasteiger partial charge >= 0.3 is 6.18 Å². The van der Waals surface area contributed by atoms with Crippen molar-refractivity contribution in [2.75, 3.05) is 19.6 Å². The van der Waals surface area contributed by atoms with Crippen LogP contribution in [0.1, 0.15) is 48.0 Å². The van der Waals surface area contributed by atoms with Crippen LogP contribution in [0.4, 0.5) is 13.2 Å². The highest BCUT2D eigenvalue weighted by Crippen LogP contribution is 2.40. The van der Waals surface area contributed by atoms with Gasteiger partial charge in [-0.25, -0.2) is 0 Å². The molecule has 2 aliphatic rings. The molecule has 1 heterocycles. The molecular weight excluding hydrogens is 357 g/mol. The summed E-state index contributed by atoms with van der Waals surface area (Å²) in [5.74, 6) is -0.701. The van der Waals surface area contributed by atoms with Crippen molar-refractivity contribution in [3.8, 4) is 0 Å². The minimum Gasteiger partial charge on any atom is -0.343 e. The van der Waals surface area contributed by atoms with Crippen LogP contribution in [-0.2, 0) is 11.0 Å². The maximum absolute atomic E-state index is 12.6. The Morgan fingerprint density at radius 1 is 1.11 bits per heavy atom. The molecule has 0 unspecified atom stereocenters. The van der Waals surface area contributed by atoms with Crippen LogP contribution >= 0.6 is 0 Å². The first kappa shape index (κ1) is 19.5. The molecule has 2 amide bonds. The lowest BCUT2D eigenvalue weighted by molar-refractivity contribution is -0.137. The molecule has 0 aromatic heterocycles. The summed E-state index contributed by atoms with van der Waals surface area (Å²) in [6, 6.07) is 3.96. The van der Waals surface area contributed by atoms with Crippen molar-refractivity contribution >= 4 is 11.8 Å². The molecule has 4 nitrogen and oxygen atoms in total. The monoisotopic (exact) mass is 380 g/mol. The quantitative estimate of drug-likeness (QED) is 0.812. The van der Waals surface area contributed by atoms with Crippen LogP contribution in [0.25, 0.3) is 0 Å². The smallest absolute Gasteiger partial charge is 0.343 e. The van der Waals surface area contributed by atoms with E-state index in [0.29, 0.717) is 13.1 Å². The first-order valence-electron chi connectivity index (χ1n) is 9.17. The second kappa shape index (κ2) is 7.74. The molecule has 7 heteroatoms. The maximum Gasteiger partial charge on any atom is 0.416 e. The minimum absolute atomic E-state index is 0.100. The summed E-state index contributed by atoms with van der Waals surface area (Å²) in [5.41, 5.74) is -0.557. The van der Waals surface area contributed by atoms with Gasteiger partial charge in [0.05, 0.1) is 12.1 Å². The number of piperidine rings is 1. The molecule has 1 saturated heterocycles. The third kappa shape index (κ3) is 4.70. The zero-order valence-electron chi connectivity index (χ0n) is 15.0. The Hall–Kier alpha value is -2.31. The van der Waals surface area contributed by atoms with E-state index in [9.17, 15) is 22.8 Å². The van der Waals surface area contributed by atoms with Crippen LogP contribution < -0.4 is 5.32 Å². The fourth-order valence-electron chi connectivity index (χ4n) is 3.91. The van der Waals surface area contributed by atoms with Gasteiger partial charge in [0.2, 0.25) is 5.91 Å². The van der Waals surface area contributed by atoms with Gasteiger partial charge in [0, 0.05) is 18.7 Å². The second-order valence-corrected chi connectivity index (χ2v) is 7.39. The van der Waals surface area contributed by atoms with Crippen molar-refractivity contribution in [1.82, 2.24) is 10.2 Å². The second-order valence-electron chi connectivity index (χ2n) is 7.39. The van der Waals surface area contributed by atoms with E-state index in [4.69, 9.17) is 0 Å². The van der Waals surface area contributed by atoms with E-state index < -0.39 is 17.6 Å². The van der Waals surface area contributed by atoms with Gasteiger partial charge in [0.15, 0.2) is 0 Å². The SMILES string of the molecule is O=C(NCC(=O)N1CCC[C@]2(CC=CCC2)C1)c1ccc(C(F)(F)F)cc1. The first-order valence-corrected chi connectivity index (χ1v) is 9.17. The number of halogens is 3. The highest BCUT2D eigenvalue weighted by molar-refractivity contribution is 5.96. The predicted octanol–water partition coefficient (Wildman–Crippen LogP) is 3.78. The molecule has 0 radical (unpaired) electrons. The maximum atomic E-state index is 12.6. The summed E-state index contributed by atoms with van der Waals surface area (Å²) in [6.07, 6.45) is 5.07. The fourth-order valence-corrected chi connectivity index (χ4v) is 3.91. The number of allylic oxidation sites excluding steroid dienone is 2. The highest BCUT2D eigenvalue weighted by Gasteiger charge is 2.36. The van der Waals surface area contributed by atoms with Gasteiger partial charge in [0.1, 0.15) is 0 Å². The Balaban J connectivity index is 1.54. The molecule has 1 fully saturated rings. The lowest BCUT2D eigenvalue weighted by Gasteiger charge is -2.44. The number of carbonyl (C=O) groups is 2. The number of carbonyl (C=O) groups excluding carboxylic acids is 2. The number of nitrogens with one attached hydrogen (secondary N) is 1. The van der Waals surface area contributed by atoms with Crippen LogP contribution in [0.15, 0.2) is 36.4 Å². The molecule has 27 heavy (non-hydrogen) atoms. The van der Waals surface area contributed by atoms with Crippen molar-refractivity contribution in [2.45, 2.75) is 38.3 Å².